The largest absolute Gasteiger partial charge is 0.454 e. The SMILES string of the molecule is O=C(c1ccc([N+](=O)[O-])cc1)[C@@H]1[C@@H]2C(=O)N(Cc3ccc4c(c3)OCO4)C(=O)[C@H]2[C@@H]2c3ccccc3C=CN12. The first-order valence-electron chi connectivity index (χ1n) is 12.5. The first-order chi connectivity index (χ1) is 18.9. The van der Waals surface area contributed by atoms with Crippen LogP contribution < -0.4 is 9.47 Å². The zero-order valence-corrected chi connectivity index (χ0v) is 20.4. The van der Waals surface area contributed by atoms with E-state index in [9.17, 15) is 24.5 Å². The van der Waals surface area contributed by atoms with Gasteiger partial charge >= 0.3 is 0 Å². The molecule has 0 aliphatic carbocycles. The Morgan fingerprint density at radius 3 is 2.49 bits per heavy atom. The molecular formula is C29H21N3O7. The van der Waals surface area contributed by atoms with E-state index in [1.807, 2.05) is 35.2 Å². The number of rotatable bonds is 5. The third-order valence-corrected chi connectivity index (χ3v) is 7.96. The van der Waals surface area contributed by atoms with Crippen LogP contribution in [0.2, 0.25) is 0 Å². The highest BCUT2D eigenvalue weighted by molar-refractivity contribution is 6.12. The molecule has 4 atom stereocenters. The van der Waals surface area contributed by atoms with Crippen molar-refractivity contribution in [3.8, 4) is 11.5 Å². The van der Waals surface area contributed by atoms with Crippen LogP contribution in [0.5, 0.6) is 11.5 Å². The third-order valence-electron chi connectivity index (χ3n) is 7.96. The second-order valence-electron chi connectivity index (χ2n) is 9.95. The topological polar surface area (TPSA) is 119 Å². The van der Waals surface area contributed by atoms with Crippen LogP contribution in [0.1, 0.15) is 33.1 Å². The molecular weight excluding hydrogens is 502 g/mol. The van der Waals surface area contributed by atoms with E-state index in [-0.39, 0.29) is 36.3 Å². The lowest BCUT2D eigenvalue weighted by atomic mass is 9.83. The third kappa shape index (κ3) is 3.44. The highest BCUT2D eigenvalue weighted by Gasteiger charge is 2.64. The van der Waals surface area contributed by atoms with Crippen LogP contribution in [0.15, 0.2) is 72.9 Å². The Hall–Kier alpha value is -4.99. The summed E-state index contributed by atoms with van der Waals surface area (Å²) in [6.07, 6.45) is 3.66. The average Bonchev–Trinajstić information content (AvgIpc) is 3.62. The minimum Gasteiger partial charge on any atom is -0.454 e. The van der Waals surface area contributed by atoms with E-state index in [1.54, 1.807) is 24.4 Å². The molecule has 0 aromatic heterocycles. The second-order valence-corrected chi connectivity index (χ2v) is 9.95. The number of hydrogen-bond donors (Lipinski definition) is 0. The first kappa shape index (κ1) is 23.2. The number of Topliss-reactive ketones (excluding diaryl/α,β-unsaturated/α-hetero) is 1. The molecule has 3 aromatic rings. The van der Waals surface area contributed by atoms with E-state index >= 15 is 0 Å². The number of nitro benzene ring substituents is 1. The normalized spacial score (nSPS) is 24.0. The van der Waals surface area contributed by atoms with Crippen LogP contribution in [0.3, 0.4) is 0 Å². The Kier molecular flexibility index (Phi) is 5.06. The summed E-state index contributed by atoms with van der Waals surface area (Å²) >= 11 is 0. The van der Waals surface area contributed by atoms with E-state index in [2.05, 4.69) is 0 Å². The molecule has 4 aliphatic rings. The van der Waals surface area contributed by atoms with Gasteiger partial charge in [-0.1, -0.05) is 30.3 Å². The molecule has 10 nitrogen and oxygen atoms in total. The zero-order valence-electron chi connectivity index (χ0n) is 20.4. The minimum atomic E-state index is -0.940. The van der Waals surface area contributed by atoms with Gasteiger partial charge in [0.1, 0.15) is 6.04 Å². The van der Waals surface area contributed by atoms with Gasteiger partial charge in [-0.05, 0) is 47.0 Å². The Morgan fingerprint density at radius 1 is 0.949 bits per heavy atom. The maximum atomic E-state index is 13.9. The summed E-state index contributed by atoms with van der Waals surface area (Å²) in [5, 5.41) is 11.1. The van der Waals surface area contributed by atoms with Crippen LogP contribution in [0.4, 0.5) is 5.69 Å². The highest BCUT2D eigenvalue weighted by Crippen LogP contribution is 2.53. The maximum absolute atomic E-state index is 13.9. The number of amides is 2. The predicted octanol–water partition coefficient (Wildman–Crippen LogP) is 3.72. The molecule has 0 radical (unpaired) electrons. The lowest BCUT2D eigenvalue weighted by Crippen LogP contribution is -2.44. The molecule has 4 aliphatic heterocycles. The number of nitro groups is 1. The second kappa shape index (κ2) is 8.52. The van der Waals surface area contributed by atoms with Crippen molar-refractivity contribution < 1.29 is 28.8 Å². The molecule has 0 spiro atoms. The Morgan fingerprint density at radius 2 is 1.69 bits per heavy atom. The van der Waals surface area contributed by atoms with Gasteiger partial charge < -0.3 is 14.4 Å². The molecule has 2 amide bonds. The van der Waals surface area contributed by atoms with Crippen LogP contribution in [-0.2, 0) is 16.1 Å². The molecule has 4 heterocycles. The van der Waals surface area contributed by atoms with Gasteiger partial charge in [0.05, 0.1) is 29.3 Å². The van der Waals surface area contributed by atoms with Gasteiger partial charge in [-0.3, -0.25) is 29.4 Å². The number of ether oxygens (including phenoxy) is 2. The van der Waals surface area contributed by atoms with Crippen LogP contribution in [0, 0.1) is 22.0 Å². The lowest BCUT2D eigenvalue weighted by molar-refractivity contribution is -0.384. The van der Waals surface area contributed by atoms with Crippen LogP contribution >= 0.6 is 0 Å². The average molecular weight is 524 g/mol. The van der Waals surface area contributed by atoms with Gasteiger partial charge in [-0.15, -0.1) is 0 Å². The van der Waals surface area contributed by atoms with Crippen molar-refractivity contribution in [3.63, 3.8) is 0 Å². The van der Waals surface area contributed by atoms with Crippen LogP contribution in [0.25, 0.3) is 6.08 Å². The van der Waals surface area contributed by atoms with E-state index in [0.717, 1.165) is 11.1 Å². The summed E-state index contributed by atoms with van der Waals surface area (Å²) < 4.78 is 10.8. The van der Waals surface area contributed by atoms with Crippen molar-refractivity contribution in [1.29, 1.82) is 0 Å². The van der Waals surface area contributed by atoms with Gasteiger partial charge in [-0.25, -0.2) is 0 Å². The number of carbonyl (C=O) groups excluding carboxylic acids is 3. The monoisotopic (exact) mass is 523 g/mol. The summed E-state index contributed by atoms with van der Waals surface area (Å²) in [5.41, 5.74) is 2.62. The van der Waals surface area contributed by atoms with E-state index in [0.29, 0.717) is 17.1 Å². The summed E-state index contributed by atoms with van der Waals surface area (Å²) in [6.45, 7) is 0.158. The molecule has 194 valence electrons. The van der Waals surface area contributed by atoms with Gasteiger partial charge in [0, 0.05) is 23.9 Å². The summed E-state index contributed by atoms with van der Waals surface area (Å²) in [6, 6.07) is 16.8. The lowest BCUT2D eigenvalue weighted by Gasteiger charge is -2.35. The molecule has 2 saturated heterocycles. The number of hydrogen-bond acceptors (Lipinski definition) is 8. The smallest absolute Gasteiger partial charge is 0.269 e. The molecule has 0 unspecified atom stereocenters. The first-order valence-corrected chi connectivity index (χ1v) is 12.5. The van der Waals surface area contributed by atoms with Crippen LogP contribution in [-0.4, -0.2) is 45.2 Å². The minimum absolute atomic E-state index is 0.0456. The van der Waals surface area contributed by atoms with Crippen molar-refractivity contribution in [2.45, 2.75) is 18.6 Å². The fourth-order valence-corrected chi connectivity index (χ4v) is 6.21. The fraction of sp³-hybridized carbons (Fsp3) is 0.207. The van der Waals surface area contributed by atoms with Crippen molar-refractivity contribution in [2.75, 3.05) is 6.79 Å². The molecule has 0 bridgehead atoms. The number of benzene rings is 3. The zero-order chi connectivity index (χ0) is 26.8. The van der Waals surface area contributed by atoms with Gasteiger partial charge in [-0.2, -0.15) is 0 Å². The van der Waals surface area contributed by atoms with Gasteiger partial charge in [0.25, 0.3) is 5.69 Å². The number of likely N-dealkylation sites (tertiary alicyclic amines) is 1. The molecule has 3 aromatic carbocycles. The molecule has 7 rings (SSSR count). The van der Waals surface area contributed by atoms with Gasteiger partial charge in [0.15, 0.2) is 17.3 Å². The molecule has 0 N–H and O–H groups in total. The Bertz CT molecular complexity index is 1600. The number of nitrogens with zero attached hydrogens (tertiary/aromatic N) is 3. The van der Waals surface area contributed by atoms with E-state index in [1.165, 1.54) is 29.2 Å². The molecule has 39 heavy (non-hydrogen) atoms. The summed E-state index contributed by atoms with van der Waals surface area (Å²) in [4.78, 5) is 55.4. The quantitative estimate of drug-likeness (QED) is 0.215. The molecule has 0 saturated carbocycles. The predicted molar refractivity (Wildman–Crippen MR) is 136 cm³/mol. The molecule has 2 fully saturated rings. The maximum Gasteiger partial charge on any atom is 0.269 e. The fourth-order valence-electron chi connectivity index (χ4n) is 6.21. The Labute approximate surface area is 222 Å². The van der Waals surface area contributed by atoms with E-state index < -0.39 is 34.7 Å². The summed E-state index contributed by atoms with van der Waals surface area (Å²) in [5.74, 6) is -1.62. The highest BCUT2D eigenvalue weighted by atomic mass is 16.7. The summed E-state index contributed by atoms with van der Waals surface area (Å²) in [7, 11) is 0. The van der Waals surface area contributed by atoms with Crippen molar-refractivity contribution >= 4 is 29.4 Å². The number of non-ortho nitro benzene ring substituents is 1. The standard InChI is InChI=1S/C29H21N3O7/c33-27(18-6-8-19(9-7-18)32(36)37)26-24-23(25-20-4-2-1-3-17(20)11-12-30(25)26)28(34)31(29(24)35)14-16-5-10-21-22(13-16)39-15-38-21/h1-13,23-26H,14-15H2/t23-,24-,25+,26+/m1/s1. The van der Waals surface area contributed by atoms with Crippen molar-refractivity contribution in [1.82, 2.24) is 9.80 Å². The van der Waals surface area contributed by atoms with Gasteiger partial charge in [0.2, 0.25) is 18.6 Å². The Balaban J connectivity index is 1.28. The number of imide groups is 1. The number of fused-ring (bicyclic) bond motifs is 6. The van der Waals surface area contributed by atoms with Crippen molar-refractivity contribution in [2.24, 2.45) is 11.8 Å². The van der Waals surface area contributed by atoms with Crippen molar-refractivity contribution in [3.05, 3.63) is 105 Å². The number of ketones is 1. The number of carbonyl (C=O) groups is 3. The van der Waals surface area contributed by atoms with E-state index in [4.69, 9.17) is 9.47 Å². The molecule has 10 heteroatoms.